The number of benzene rings is 1. The van der Waals surface area contributed by atoms with E-state index in [0.717, 1.165) is 17.7 Å². The van der Waals surface area contributed by atoms with Gasteiger partial charge in [0.25, 0.3) is 0 Å². The molecular formula is C15H17N3O. The van der Waals surface area contributed by atoms with Gasteiger partial charge in [-0.25, -0.2) is 0 Å². The topological polar surface area (TPSA) is 70.1 Å². The van der Waals surface area contributed by atoms with Crippen molar-refractivity contribution in [1.29, 1.82) is 5.26 Å². The van der Waals surface area contributed by atoms with Gasteiger partial charge in [-0.05, 0) is 43.0 Å². The van der Waals surface area contributed by atoms with Crippen LogP contribution in [0.2, 0.25) is 0 Å². The number of fused-ring (bicyclic) bond motifs is 2. The third kappa shape index (κ3) is 1.58. The fourth-order valence-corrected chi connectivity index (χ4v) is 3.41. The van der Waals surface area contributed by atoms with Gasteiger partial charge in [0.1, 0.15) is 0 Å². The zero-order chi connectivity index (χ0) is 13.6. The molecule has 1 aliphatic heterocycles. The first-order valence-corrected chi connectivity index (χ1v) is 6.69. The van der Waals surface area contributed by atoms with Crippen LogP contribution in [0.15, 0.2) is 18.2 Å². The Morgan fingerprint density at radius 2 is 2.26 bits per heavy atom. The van der Waals surface area contributed by atoms with Gasteiger partial charge in [0.15, 0.2) is 0 Å². The lowest BCUT2D eigenvalue weighted by Gasteiger charge is -2.51. The van der Waals surface area contributed by atoms with Crippen LogP contribution in [0.4, 0.5) is 0 Å². The number of carbonyl (C=O) groups excluding carboxylic acids is 1. The first kappa shape index (κ1) is 12.2. The predicted octanol–water partition coefficient (Wildman–Crippen LogP) is 1.28. The van der Waals surface area contributed by atoms with Crippen LogP contribution in [0.5, 0.6) is 0 Å². The molecule has 1 fully saturated rings. The van der Waals surface area contributed by atoms with Crippen molar-refractivity contribution in [3.8, 4) is 6.07 Å². The van der Waals surface area contributed by atoms with E-state index < -0.39 is 5.41 Å². The van der Waals surface area contributed by atoms with Crippen LogP contribution in [-0.4, -0.2) is 23.4 Å². The molecule has 1 saturated carbocycles. The summed E-state index contributed by atoms with van der Waals surface area (Å²) in [6, 6.07) is 7.94. The summed E-state index contributed by atoms with van der Waals surface area (Å²) in [6.07, 6.45) is 1.40. The molecular weight excluding hydrogens is 238 g/mol. The van der Waals surface area contributed by atoms with Crippen LogP contribution in [0, 0.1) is 11.3 Å². The summed E-state index contributed by atoms with van der Waals surface area (Å²) in [6.45, 7) is 3.36. The molecule has 4 nitrogen and oxygen atoms in total. The maximum Gasteiger partial charge on any atom is 0.233 e. The van der Waals surface area contributed by atoms with Gasteiger partial charge in [0.2, 0.25) is 5.91 Å². The van der Waals surface area contributed by atoms with Gasteiger partial charge in [0.05, 0.1) is 17.0 Å². The fraction of sp³-hybridized carbons (Fsp3) is 0.467. The Morgan fingerprint density at radius 1 is 1.53 bits per heavy atom. The van der Waals surface area contributed by atoms with E-state index in [1.54, 1.807) is 0 Å². The average molecular weight is 255 g/mol. The highest BCUT2D eigenvalue weighted by atomic mass is 16.2. The summed E-state index contributed by atoms with van der Waals surface area (Å²) in [5, 5.41) is 9.05. The lowest BCUT2D eigenvalue weighted by molar-refractivity contribution is -0.143. The lowest BCUT2D eigenvalue weighted by atomic mass is 9.58. The number of likely N-dealkylation sites (N-methyl/N-ethyl adjacent to an activating group) is 1. The second-order valence-corrected chi connectivity index (χ2v) is 5.55. The van der Waals surface area contributed by atoms with Gasteiger partial charge in [-0.3, -0.25) is 4.79 Å². The first-order chi connectivity index (χ1) is 9.10. The minimum absolute atomic E-state index is 0.0966. The molecule has 0 atom stereocenters. The summed E-state index contributed by atoms with van der Waals surface area (Å²) in [7, 11) is 0. The summed E-state index contributed by atoms with van der Waals surface area (Å²) in [5.41, 5.74) is 8.27. The SMILES string of the molecule is CCN1Cc2ccc(C#N)cc2C2(CC(N)C2)C1=O. The Bertz CT molecular complexity index is 582. The number of hydrogen-bond donors (Lipinski definition) is 1. The standard InChI is InChI=1S/C15H17N3O/c1-2-18-9-11-4-3-10(8-16)5-13(11)15(14(18)19)6-12(17)7-15/h3-5,12H,2,6-7,9,17H2,1H3. The number of nitrogens with zero attached hydrogens (tertiary/aromatic N) is 2. The second kappa shape index (κ2) is 4.07. The molecule has 0 aromatic heterocycles. The highest BCUT2D eigenvalue weighted by Crippen LogP contribution is 2.48. The van der Waals surface area contributed by atoms with Crippen molar-refractivity contribution in [1.82, 2.24) is 4.90 Å². The summed E-state index contributed by atoms with van der Waals surface area (Å²) in [4.78, 5) is 14.5. The van der Waals surface area contributed by atoms with Crippen LogP contribution in [0.25, 0.3) is 0 Å². The van der Waals surface area contributed by atoms with Crippen LogP contribution in [0.3, 0.4) is 0 Å². The molecule has 0 bridgehead atoms. The smallest absolute Gasteiger partial charge is 0.233 e. The second-order valence-electron chi connectivity index (χ2n) is 5.55. The molecule has 1 spiro atoms. The quantitative estimate of drug-likeness (QED) is 0.821. The molecule has 1 heterocycles. The van der Waals surface area contributed by atoms with E-state index in [2.05, 4.69) is 6.07 Å². The van der Waals surface area contributed by atoms with Gasteiger partial charge in [-0.1, -0.05) is 6.07 Å². The molecule has 1 amide bonds. The molecule has 98 valence electrons. The Hall–Kier alpha value is -1.86. The third-order valence-electron chi connectivity index (χ3n) is 4.42. The Morgan fingerprint density at radius 3 is 2.84 bits per heavy atom. The van der Waals surface area contributed by atoms with E-state index in [4.69, 9.17) is 11.0 Å². The van der Waals surface area contributed by atoms with Crippen molar-refractivity contribution >= 4 is 5.91 Å². The molecule has 1 aliphatic carbocycles. The molecule has 2 aliphatic rings. The van der Waals surface area contributed by atoms with Gasteiger partial charge in [0, 0.05) is 19.1 Å². The van der Waals surface area contributed by atoms with E-state index in [9.17, 15) is 4.79 Å². The highest BCUT2D eigenvalue weighted by molar-refractivity contribution is 5.91. The fourth-order valence-electron chi connectivity index (χ4n) is 3.41. The van der Waals surface area contributed by atoms with Gasteiger partial charge >= 0.3 is 0 Å². The summed E-state index contributed by atoms with van der Waals surface area (Å²) < 4.78 is 0. The van der Waals surface area contributed by atoms with Gasteiger partial charge in [-0.2, -0.15) is 5.26 Å². The monoisotopic (exact) mass is 255 g/mol. The van der Waals surface area contributed by atoms with Crippen molar-refractivity contribution in [3.05, 3.63) is 34.9 Å². The molecule has 1 aromatic rings. The van der Waals surface area contributed by atoms with E-state index in [0.29, 0.717) is 24.9 Å². The summed E-state index contributed by atoms with van der Waals surface area (Å²) in [5.74, 6) is 0.180. The van der Waals surface area contributed by atoms with Crippen molar-refractivity contribution in [2.24, 2.45) is 5.73 Å². The first-order valence-electron chi connectivity index (χ1n) is 6.69. The van der Waals surface area contributed by atoms with Crippen LogP contribution < -0.4 is 5.73 Å². The molecule has 4 heteroatoms. The van der Waals surface area contributed by atoms with Crippen molar-refractivity contribution in [2.45, 2.75) is 37.8 Å². The minimum Gasteiger partial charge on any atom is -0.338 e. The molecule has 0 unspecified atom stereocenters. The van der Waals surface area contributed by atoms with Gasteiger partial charge < -0.3 is 10.6 Å². The number of hydrogen-bond acceptors (Lipinski definition) is 3. The molecule has 2 N–H and O–H groups in total. The largest absolute Gasteiger partial charge is 0.338 e. The molecule has 0 saturated heterocycles. The molecule has 3 rings (SSSR count). The van der Waals surface area contributed by atoms with Crippen LogP contribution >= 0.6 is 0 Å². The number of amides is 1. The Labute approximate surface area is 112 Å². The Balaban J connectivity index is 2.14. The van der Waals surface area contributed by atoms with E-state index in [-0.39, 0.29) is 11.9 Å². The molecule has 0 radical (unpaired) electrons. The molecule has 1 aromatic carbocycles. The van der Waals surface area contributed by atoms with Gasteiger partial charge in [-0.15, -0.1) is 0 Å². The molecule has 19 heavy (non-hydrogen) atoms. The number of rotatable bonds is 1. The van der Waals surface area contributed by atoms with E-state index in [1.165, 1.54) is 0 Å². The minimum atomic E-state index is -0.462. The van der Waals surface area contributed by atoms with Crippen molar-refractivity contribution < 1.29 is 4.79 Å². The Kier molecular flexibility index (Phi) is 2.61. The zero-order valence-corrected chi connectivity index (χ0v) is 11.0. The number of nitrogens with two attached hydrogens (primary N) is 1. The lowest BCUT2D eigenvalue weighted by Crippen LogP contribution is -2.61. The number of carbonyl (C=O) groups is 1. The normalized spacial score (nSPS) is 28.8. The average Bonchev–Trinajstić information content (AvgIpc) is 2.39. The maximum absolute atomic E-state index is 12.7. The van der Waals surface area contributed by atoms with Crippen molar-refractivity contribution in [3.63, 3.8) is 0 Å². The zero-order valence-electron chi connectivity index (χ0n) is 11.0. The summed E-state index contributed by atoms with van der Waals surface area (Å²) >= 11 is 0. The van der Waals surface area contributed by atoms with E-state index in [1.807, 2.05) is 30.0 Å². The third-order valence-corrected chi connectivity index (χ3v) is 4.42. The maximum atomic E-state index is 12.7. The predicted molar refractivity (Wildman–Crippen MR) is 71.1 cm³/mol. The van der Waals surface area contributed by atoms with E-state index >= 15 is 0 Å². The van der Waals surface area contributed by atoms with Crippen LogP contribution in [0.1, 0.15) is 36.5 Å². The van der Waals surface area contributed by atoms with Crippen molar-refractivity contribution in [2.75, 3.05) is 6.54 Å². The van der Waals surface area contributed by atoms with Crippen LogP contribution in [-0.2, 0) is 16.8 Å². The highest BCUT2D eigenvalue weighted by Gasteiger charge is 2.54. The number of nitriles is 1.